The van der Waals surface area contributed by atoms with Crippen LogP contribution in [-0.2, 0) is 6.42 Å². The maximum absolute atomic E-state index is 11.8. The third-order valence-corrected chi connectivity index (χ3v) is 5.67. The fraction of sp³-hybridized carbons (Fsp3) is 0.550. The molecule has 1 aromatic carbocycles. The molecule has 3 rings (SSSR count). The van der Waals surface area contributed by atoms with Crippen molar-refractivity contribution in [3.63, 3.8) is 0 Å². The zero-order valence-corrected chi connectivity index (χ0v) is 15.0. The Morgan fingerprint density at radius 1 is 1.48 bits per heavy atom. The number of carboxylic acids is 1. The van der Waals surface area contributed by atoms with E-state index in [-0.39, 0.29) is 23.1 Å². The number of carbonyl (C=O) groups is 1. The highest BCUT2D eigenvalue weighted by molar-refractivity contribution is 5.94. The Bertz CT molecular complexity index is 734. The maximum Gasteiger partial charge on any atom is 0.339 e. The Balaban J connectivity index is 2.21. The summed E-state index contributed by atoms with van der Waals surface area (Å²) in [4.78, 5) is 11.8. The molecule has 5 heteroatoms. The van der Waals surface area contributed by atoms with Crippen molar-refractivity contribution >= 4 is 5.97 Å². The Hall–Kier alpha value is -2.01. The highest BCUT2D eigenvalue weighted by Gasteiger charge is 2.54. The minimum absolute atomic E-state index is 0.0380. The number of aryl methyl sites for hydroxylation is 1. The number of allylic oxidation sites excluding steroid dienone is 1. The molecule has 1 fully saturated rings. The average Bonchev–Trinajstić information content (AvgIpc) is 2.88. The number of fused-ring (bicyclic) bond motifs is 3. The van der Waals surface area contributed by atoms with Crippen molar-refractivity contribution in [2.75, 3.05) is 0 Å². The molecular formula is C20H26O5. The molecule has 1 aromatic rings. The summed E-state index contributed by atoms with van der Waals surface area (Å²) in [7, 11) is 0. The molecule has 3 unspecified atom stereocenters. The molecule has 0 spiro atoms. The van der Waals surface area contributed by atoms with Gasteiger partial charge in [-0.1, -0.05) is 25.5 Å². The quantitative estimate of drug-likeness (QED) is 0.725. The molecule has 0 bridgehead atoms. The lowest BCUT2D eigenvalue weighted by molar-refractivity contribution is -0.0824. The van der Waals surface area contributed by atoms with Crippen molar-refractivity contribution in [2.45, 2.75) is 64.1 Å². The van der Waals surface area contributed by atoms with E-state index in [1.54, 1.807) is 13.0 Å². The minimum Gasteiger partial charge on any atom is -0.507 e. The largest absolute Gasteiger partial charge is 0.507 e. The van der Waals surface area contributed by atoms with Gasteiger partial charge in [-0.05, 0) is 50.7 Å². The zero-order chi connectivity index (χ0) is 18.5. The molecular weight excluding hydrogens is 320 g/mol. The van der Waals surface area contributed by atoms with Crippen LogP contribution in [0.5, 0.6) is 11.5 Å². The Labute approximate surface area is 147 Å². The predicted molar refractivity (Wildman–Crippen MR) is 94.4 cm³/mol. The van der Waals surface area contributed by atoms with E-state index < -0.39 is 17.7 Å². The van der Waals surface area contributed by atoms with Gasteiger partial charge >= 0.3 is 5.97 Å². The topological polar surface area (TPSA) is 87.0 Å². The summed E-state index contributed by atoms with van der Waals surface area (Å²) >= 11 is 0. The van der Waals surface area contributed by atoms with Crippen molar-refractivity contribution < 1.29 is 24.9 Å². The highest BCUT2D eigenvalue weighted by Crippen LogP contribution is 2.57. The fourth-order valence-corrected chi connectivity index (χ4v) is 4.45. The van der Waals surface area contributed by atoms with Crippen molar-refractivity contribution in [1.29, 1.82) is 0 Å². The Morgan fingerprint density at radius 3 is 2.72 bits per heavy atom. The summed E-state index contributed by atoms with van der Waals surface area (Å²) in [5, 5.41) is 31.2. The molecule has 0 saturated heterocycles. The number of phenols is 1. The summed E-state index contributed by atoms with van der Waals surface area (Å²) in [5.41, 5.74) is 0.953. The summed E-state index contributed by atoms with van der Waals surface area (Å²) in [6.45, 7) is 9.69. The number of rotatable bonds is 4. The molecule has 0 radical (unpaired) electrons. The van der Waals surface area contributed by atoms with E-state index in [9.17, 15) is 20.1 Å². The van der Waals surface area contributed by atoms with Gasteiger partial charge in [0.1, 0.15) is 23.2 Å². The third kappa shape index (κ3) is 2.71. The number of benzene rings is 1. The van der Waals surface area contributed by atoms with Crippen LogP contribution in [0.4, 0.5) is 0 Å². The van der Waals surface area contributed by atoms with E-state index in [1.165, 1.54) is 0 Å². The lowest BCUT2D eigenvalue weighted by atomic mass is 9.66. The molecule has 1 heterocycles. The molecule has 2 aliphatic rings. The van der Waals surface area contributed by atoms with Gasteiger partial charge in [-0.3, -0.25) is 0 Å². The van der Waals surface area contributed by atoms with Crippen LogP contribution in [-0.4, -0.2) is 33.0 Å². The SMILES string of the molecule is C=C(C)C1CC[C@](C)(O)C2Oc3cc(CCC)c(C(=O)O)c(O)c3C12. The number of carboxylic acid groups (broad SMARTS) is 1. The van der Waals surface area contributed by atoms with Crippen molar-refractivity contribution in [3.05, 3.63) is 34.9 Å². The number of aromatic carboxylic acids is 1. The number of hydrogen-bond donors (Lipinski definition) is 3. The molecule has 25 heavy (non-hydrogen) atoms. The van der Waals surface area contributed by atoms with E-state index in [4.69, 9.17) is 4.74 Å². The normalized spacial score (nSPS) is 30.3. The first-order chi connectivity index (χ1) is 11.7. The molecule has 1 aliphatic heterocycles. The van der Waals surface area contributed by atoms with Gasteiger partial charge in [-0.25, -0.2) is 4.79 Å². The minimum atomic E-state index is -1.14. The highest BCUT2D eigenvalue weighted by atomic mass is 16.5. The number of aromatic hydroxyl groups is 1. The molecule has 1 aliphatic carbocycles. The van der Waals surface area contributed by atoms with Crippen LogP contribution >= 0.6 is 0 Å². The fourth-order valence-electron chi connectivity index (χ4n) is 4.45. The maximum atomic E-state index is 11.8. The Kier molecular flexibility index (Phi) is 4.31. The molecule has 1 saturated carbocycles. The zero-order valence-electron chi connectivity index (χ0n) is 15.0. The van der Waals surface area contributed by atoms with E-state index >= 15 is 0 Å². The van der Waals surface area contributed by atoms with E-state index in [0.717, 1.165) is 18.4 Å². The lowest BCUT2D eigenvalue weighted by Gasteiger charge is -2.42. The van der Waals surface area contributed by atoms with Crippen molar-refractivity contribution in [1.82, 2.24) is 0 Å². The summed E-state index contributed by atoms with van der Waals surface area (Å²) in [6.07, 6.45) is 2.10. The standard InChI is InChI=1S/C20H26O5/c1-5-6-11-9-13-16(17(21)14(11)19(22)23)15-12(10(2)3)7-8-20(4,24)18(15)25-13/h9,12,15,18,21,24H,2,5-8H2,1,3-4H3,(H,22,23)/t12?,15?,18?,20-/m0/s1. The average molecular weight is 346 g/mol. The van der Waals surface area contributed by atoms with E-state index in [1.807, 2.05) is 13.8 Å². The first-order valence-electron chi connectivity index (χ1n) is 8.85. The lowest BCUT2D eigenvalue weighted by Crippen LogP contribution is -2.50. The van der Waals surface area contributed by atoms with Gasteiger partial charge < -0.3 is 20.1 Å². The van der Waals surface area contributed by atoms with Gasteiger partial charge in [0, 0.05) is 11.5 Å². The van der Waals surface area contributed by atoms with Gasteiger partial charge in [-0.15, -0.1) is 0 Å². The summed E-state index contributed by atoms with van der Waals surface area (Å²) in [6, 6.07) is 1.73. The van der Waals surface area contributed by atoms with E-state index in [0.29, 0.717) is 29.7 Å². The van der Waals surface area contributed by atoms with Crippen LogP contribution in [0, 0.1) is 5.92 Å². The van der Waals surface area contributed by atoms with Gasteiger partial charge in [0.2, 0.25) is 0 Å². The smallest absolute Gasteiger partial charge is 0.339 e. The van der Waals surface area contributed by atoms with Gasteiger partial charge in [-0.2, -0.15) is 0 Å². The first-order valence-corrected chi connectivity index (χ1v) is 8.85. The molecule has 3 N–H and O–H groups in total. The number of aliphatic hydroxyl groups is 1. The van der Waals surface area contributed by atoms with Gasteiger partial charge in [0.05, 0.1) is 5.60 Å². The second-order valence-corrected chi connectivity index (χ2v) is 7.64. The van der Waals surface area contributed by atoms with Crippen LogP contribution in [0.15, 0.2) is 18.2 Å². The molecule has 4 atom stereocenters. The number of ether oxygens (including phenoxy) is 1. The van der Waals surface area contributed by atoms with Crippen LogP contribution in [0.25, 0.3) is 0 Å². The predicted octanol–water partition coefficient (Wildman–Crippen LogP) is 3.62. The second-order valence-electron chi connectivity index (χ2n) is 7.64. The summed E-state index contributed by atoms with van der Waals surface area (Å²) < 4.78 is 6.07. The Morgan fingerprint density at radius 2 is 2.16 bits per heavy atom. The molecule has 136 valence electrons. The molecule has 0 aromatic heterocycles. The molecule has 0 amide bonds. The van der Waals surface area contributed by atoms with Crippen molar-refractivity contribution in [2.24, 2.45) is 5.92 Å². The molecule has 5 nitrogen and oxygen atoms in total. The van der Waals surface area contributed by atoms with E-state index in [2.05, 4.69) is 6.58 Å². The van der Waals surface area contributed by atoms with Gasteiger partial charge in [0.25, 0.3) is 0 Å². The monoisotopic (exact) mass is 346 g/mol. The second kappa shape index (κ2) is 6.06. The van der Waals surface area contributed by atoms with Crippen LogP contribution in [0.1, 0.15) is 67.4 Å². The summed E-state index contributed by atoms with van der Waals surface area (Å²) in [5.74, 6) is -1.11. The van der Waals surface area contributed by atoms with Crippen LogP contribution in [0.2, 0.25) is 0 Å². The first kappa shape index (κ1) is 17.8. The third-order valence-electron chi connectivity index (χ3n) is 5.67. The van der Waals surface area contributed by atoms with Crippen molar-refractivity contribution in [3.8, 4) is 11.5 Å². The van der Waals surface area contributed by atoms with Crippen LogP contribution < -0.4 is 4.74 Å². The van der Waals surface area contributed by atoms with Gasteiger partial charge in [0.15, 0.2) is 0 Å². The van der Waals surface area contributed by atoms with Crippen LogP contribution in [0.3, 0.4) is 0 Å². The number of hydrogen-bond acceptors (Lipinski definition) is 4.